The summed E-state index contributed by atoms with van der Waals surface area (Å²) < 4.78 is 17.0. The van der Waals surface area contributed by atoms with Crippen LogP contribution in [0.4, 0.5) is 0 Å². The van der Waals surface area contributed by atoms with Gasteiger partial charge in [-0.15, -0.1) is 0 Å². The van der Waals surface area contributed by atoms with Crippen molar-refractivity contribution in [3.63, 3.8) is 0 Å². The standard InChI is InChI=1S/C75H140O6/c1-4-7-10-13-16-19-22-25-28-31-33-35-36-37-38-39-41-42-44-47-50-53-56-59-62-65-68-74(77)80-71-72(70-79-73(76)67-64-61-58-55-52-49-46-30-27-24-21-18-15-12-9-6-3)81-75(78)69-66-63-60-57-54-51-48-45-43-40-34-32-29-26-23-20-17-14-11-8-5-2/h23,26,32,34,43,45,72H,4-22,24-25,27-31,33,35-42,44,46-71H2,1-3H3/b26-23-,34-32-,45-43-. The lowest BCUT2D eigenvalue weighted by Crippen LogP contribution is -2.30. The minimum Gasteiger partial charge on any atom is -0.462 e. The van der Waals surface area contributed by atoms with Crippen molar-refractivity contribution in [2.75, 3.05) is 13.2 Å². The molecule has 6 heteroatoms. The van der Waals surface area contributed by atoms with Gasteiger partial charge >= 0.3 is 17.9 Å². The molecule has 0 amide bonds. The zero-order chi connectivity index (χ0) is 58.5. The Labute approximate surface area is 506 Å². The Hall–Kier alpha value is -2.37. The largest absolute Gasteiger partial charge is 0.462 e. The van der Waals surface area contributed by atoms with Crippen LogP contribution in [0.5, 0.6) is 0 Å². The molecule has 0 bridgehead atoms. The van der Waals surface area contributed by atoms with E-state index < -0.39 is 6.10 Å². The summed E-state index contributed by atoms with van der Waals surface area (Å²) >= 11 is 0. The first-order valence-electron chi connectivity index (χ1n) is 36.5. The van der Waals surface area contributed by atoms with E-state index in [0.717, 1.165) is 77.0 Å². The minimum absolute atomic E-state index is 0.0717. The van der Waals surface area contributed by atoms with E-state index in [-0.39, 0.29) is 31.1 Å². The van der Waals surface area contributed by atoms with Gasteiger partial charge in [0.25, 0.3) is 0 Å². The number of ether oxygens (including phenoxy) is 3. The average molecular weight is 1140 g/mol. The number of hydrogen-bond donors (Lipinski definition) is 0. The van der Waals surface area contributed by atoms with Crippen LogP contribution in [0.1, 0.15) is 406 Å². The normalized spacial score (nSPS) is 12.2. The number of esters is 3. The molecule has 1 atom stereocenters. The van der Waals surface area contributed by atoms with Crippen LogP contribution in [0.2, 0.25) is 0 Å². The number of hydrogen-bond acceptors (Lipinski definition) is 6. The van der Waals surface area contributed by atoms with E-state index in [2.05, 4.69) is 57.2 Å². The van der Waals surface area contributed by atoms with E-state index in [1.165, 1.54) is 289 Å². The highest BCUT2D eigenvalue weighted by Gasteiger charge is 2.19. The summed E-state index contributed by atoms with van der Waals surface area (Å²) in [6, 6.07) is 0. The molecule has 1 unspecified atom stereocenters. The predicted molar refractivity (Wildman–Crippen MR) is 353 cm³/mol. The summed E-state index contributed by atoms with van der Waals surface area (Å²) in [6.45, 7) is 6.70. The van der Waals surface area contributed by atoms with Gasteiger partial charge in [-0.1, -0.05) is 365 Å². The molecule has 0 aliphatic rings. The third-order valence-electron chi connectivity index (χ3n) is 16.6. The van der Waals surface area contributed by atoms with Gasteiger partial charge in [0.1, 0.15) is 13.2 Å². The Bertz CT molecular complexity index is 1350. The van der Waals surface area contributed by atoms with E-state index >= 15 is 0 Å². The summed E-state index contributed by atoms with van der Waals surface area (Å²) in [7, 11) is 0. The molecular weight excluding hydrogens is 997 g/mol. The lowest BCUT2D eigenvalue weighted by atomic mass is 10.0. The maximum atomic E-state index is 13.0. The van der Waals surface area contributed by atoms with Gasteiger partial charge in [0.05, 0.1) is 0 Å². The van der Waals surface area contributed by atoms with Crippen LogP contribution in [0.25, 0.3) is 0 Å². The van der Waals surface area contributed by atoms with Gasteiger partial charge in [-0.05, 0) is 57.8 Å². The van der Waals surface area contributed by atoms with Crippen molar-refractivity contribution in [2.24, 2.45) is 0 Å². The van der Waals surface area contributed by atoms with E-state index in [1.807, 2.05) is 0 Å². The van der Waals surface area contributed by atoms with Crippen LogP contribution in [0.3, 0.4) is 0 Å². The lowest BCUT2D eigenvalue weighted by Gasteiger charge is -2.18. The topological polar surface area (TPSA) is 78.9 Å². The quantitative estimate of drug-likeness (QED) is 0.0261. The van der Waals surface area contributed by atoms with Crippen LogP contribution in [-0.2, 0) is 28.6 Å². The number of unbranched alkanes of at least 4 members (excludes halogenated alkanes) is 51. The minimum atomic E-state index is -0.777. The fraction of sp³-hybridized carbons (Fsp3) is 0.880. The molecular formula is C75H140O6. The maximum absolute atomic E-state index is 13.0. The molecule has 0 aromatic carbocycles. The molecule has 0 saturated heterocycles. The molecule has 0 heterocycles. The molecule has 0 rings (SSSR count). The van der Waals surface area contributed by atoms with E-state index in [1.54, 1.807) is 0 Å². The van der Waals surface area contributed by atoms with Gasteiger partial charge in [0, 0.05) is 19.3 Å². The first-order valence-corrected chi connectivity index (χ1v) is 36.5. The second-order valence-electron chi connectivity index (χ2n) is 24.9. The second-order valence-corrected chi connectivity index (χ2v) is 24.9. The second kappa shape index (κ2) is 70.1. The molecule has 476 valence electrons. The lowest BCUT2D eigenvalue weighted by molar-refractivity contribution is -0.167. The average Bonchev–Trinajstić information content (AvgIpc) is 3.47. The third-order valence-corrected chi connectivity index (χ3v) is 16.6. The molecule has 0 aliphatic carbocycles. The summed E-state index contributed by atoms with van der Waals surface area (Å²) in [5.41, 5.74) is 0. The van der Waals surface area contributed by atoms with Crippen molar-refractivity contribution in [2.45, 2.75) is 412 Å². The van der Waals surface area contributed by atoms with E-state index in [0.29, 0.717) is 19.3 Å². The smallest absolute Gasteiger partial charge is 0.306 e. The molecule has 0 aromatic rings. The van der Waals surface area contributed by atoms with E-state index in [9.17, 15) is 14.4 Å². The molecule has 6 nitrogen and oxygen atoms in total. The zero-order valence-corrected chi connectivity index (χ0v) is 54.8. The predicted octanol–water partition coefficient (Wildman–Crippen LogP) is 25.1. The van der Waals surface area contributed by atoms with Gasteiger partial charge in [-0.3, -0.25) is 14.4 Å². The van der Waals surface area contributed by atoms with Gasteiger partial charge in [0.15, 0.2) is 6.10 Å². The van der Waals surface area contributed by atoms with Crippen molar-refractivity contribution < 1.29 is 28.6 Å². The van der Waals surface area contributed by atoms with Crippen molar-refractivity contribution in [3.8, 4) is 0 Å². The van der Waals surface area contributed by atoms with Gasteiger partial charge in [-0.2, -0.15) is 0 Å². The van der Waals surface area contributed by atoms with Crippen molar-refractivity contribution in [1.29, 1.82) is 0 Å². The van der Waals surface area contributed by atoms with Crippen LogP contribution in [-0.4, -0.2) is 37.2 Å². The molecule has 0 spiro atoms. The highest BCUT2D eigenvalue weighted by Crippen LogP contribution is 2.19. The molecule has 0 saturated carbocycles. The van der Waals surface area contributed by atoms with Gasteiger partial charge in [0.2, 0.25) is 0 Å². The molecule has 81 heavy (non-hydrogen) atoms. The van der Waals surface area contributed by atoms with Crippen molar-refractivity contribution >= 4 is 17.9 Å². The van der Waals surface area contributed by atoms with Gasteiger partial charge < -0.3 is 14.2 Å². The van der Waals surface area contributed by atoms with Crippen LogP contribution >= 0.6 is 0 Å². The number of carbonyl (C=O) groups is 3. The Morgan fingerprint density at radius 1 is 0.247 bits per heavy atom. The molecule has 0 N–H and O–H groups in total. The van der Waals surface area contributed by atoms with Crippen LogP contribution in [0, 0.1) is 0 Å². The number of allylic oxidation sites excluding steroid dienone is 6. The SMILES string of the molecule is CCCCCCC/C=C\C/C=C\C/C=C\CCCCCCCCC(=O)OC(COC(=O)CCCCCCCCCCCCCCCCCC)COC(=O)CCCCCCCCCCCCCCCCCCCCCCCCCCCC. The Morgan fingerprint density at radius 2 is 0.444 bits per heavy atom. The molecule has 0 radical (unpaired) electrons. The Morgan fingerprint density at radius 3 is 0.691 bits per heavy atom. The number of carbonyl (C=O) groups excluding carboxylic acids is 3. The first kappa shape index (κ1) is 78.6. The van der Waals surface area contributed by atoms with Crippen molar-refractivity contribution in [1.82, 2.24) is 0 Å². The third kappa shape index (κ3) is 68.3. The summed E-state index contributed by atoms with van der Waals surface area (Å²) in [4.78, 5) is 38.5. The molecule has 0 aliphatic heterocycles. The highest BCUT2D eigenvalue weighted by molar-refractivity contribution is 5.71. The summed E-state index contributed by atoms with van der Waals surface area (Å²) in [5, 5.41) is 0. The van der Waals surface area contributed by atoms with Crippen molar-refractivity contribution in [3.05, 3.63) is 36.5 Å². The maximum Gasteiger partial charge on any atom is 0.306 e. The monoisotopic (exact) mass is 1140 g/mol. The summed E-state index contributed by atoms with van der Waals surface area (Å²) in [5.74, 6) is -0.852. The van der Waals surface area contributed by atoms with E-state index in [4.69, 9.17) is 14.2 Å². The zero-order valence-electron chi connectivity index (χ0n) is 54.8. The Balaban J connectivity index is 4.28. The highest BCUT2D eigenvalue weighted by atomic mass is 16.6. The van der Waals surface area contributed by atoms with Crippen LogP contribution < -0.4 is 0 Å². The fourth-order valence-corrected chi connectivity index (χ4v) is 11.2. The molecule has 0 fully saturated rings. The fourth-order valence-electron chi connectivity index (χ4n) is 11.2. The first-order chi connectivity index (χ1) is 40.0. The van der Waals surface area contributed by atoms with Crippen LogP contribution in [0.15, 0.2) is 36.5 Å². The summed E-state index contributed by atoms with van der Waals surface area (Å²) in [6.07, 6.45) is 87.5. The van der Waals surface area contributed by atoms with Gasteiger partial charge in [-0.25, -0.2) is 0 Å². The Kier molecular flexibility index (Phi) is 68.1. The molecule has 0 aromatic heterocycles. The number of rotatable bonds is 68.